The Balaban J connectivity index is 2.31. The van der Waals surface area contributed by atoms with Gasteiger partial charge in [0.15, 0.2) is 5.96 Å². The molecule has 1 fully saturated rings. The van der Waals surface area contributed by atoms with Gasteiger partial charge >= 0.3 is 0 Å². The number of hydrogen-bond donors (Lipinski definition) is 2. The third-order valence-electron chi connectivity index (χ3n) is 4.87. The van der Waals surface area contributed by atoms with Crippen LogP contribution in [0.1, 0.15) is 65.7 Å². The summed E-state index contributed by atoms with van der Waals surface area (Å²) in [5.74, 6) is 1.67. The topological polar surface area (TPSA) is 56.7 Å². The van der Waals surface area contributed by atoms with Gasteiger partial charge in [-0.05, 0) is 58.2 Å². The molecule has 0 aliphatic heterocycles. The highest BCUT2D eigenvalue weighted by Gasteiger charge is 2.25. The minimum absolute atomic E-state index is 0.353. The number of rotatable bonds is 11. The van der Waals surface area contributed by atoms with E-state index in [2.05, 4.69) is 34.4 Å². The Morgan fingerprint density at radius 2 is 1.88 bits per heavy atom. The summed E-state index contributed by atoms with van der Waals surface area (Å²) in [7, 11) is 1.16. The molecule has 0 spiro atoms. The van der Waals surface area contributed by atoms with Gasteiger partial charge in [-0.1, -0.05) is 27.2 Å². The predicted molar refractivity (Wildman–Crippen MR) is 111 cm³/mol. The van der Waals surface area contributed by atoms with Crippen LogP contribution in [-0.4, -0.2) is 65.3 Å². The van der Waals surface area contributed by atoms with E-state index in [0.29, 0.717) is 11.3 Å². The van der Waals surface area contributed by atoms with Gasteiger partial charge < -0.3 is 15.5 Å². The van der Waals surface area contributed by atoms with Crippen LogP contribution in [0.4, 0.5) is 0 Å². The molecule has 1 saturated carbocycles. The molecule has 5 nitrogen and oxygen atoms in total. The Morgan fingerprint density at radius 3 is 2.48 bits per heavy atom. The second-order valence-electron chi connectivity index (χ2n) is 6.99. The lowest BCUT2D eigenvalue weighted by Crippen LogP contribution is -2.47. The fraction of sp³-hybridized carbons (Fsp3) is 0.947. The SMILES string of the molecule is CCCN(CCC)CCCNC(=NC)NC1CCCC(S(=O)CC)C1. The summed E-state index contributed by atoms with van der Waals surface area (Å²) in [6, 6.07) is 0.400. The molecular weight excluding hydrogens is 332 g/mol. The maximum atomic E-state index is 12.1. The highest BCUT2D eigenvalue weighted by atomic mass is 32.2. The zero-order valence-corrected chi connectivity index (χ0v) is 17.7. The number of nitrogens with zero attached hydrogens (tertiary/aromatic N) is 2. The molecule has 0 aromatic rings. The minimum atomic E-state index is -0.673. The standard InChI is InChI=1S/C19H40N4OS/c1-5-13-23(14-6-2)15-9-12-21-19(20-4)22-17-10-8-11-18(16-17)25(24)7-3/h17-18H,5-16H2,1-4H3,(H2,20,21,22). The average molecular weight is 373 g/mol. The molecule has 1 aliphatic rings. The first kappa shape index (κ1) is 22.4. The minimum Gasteiger partial charge on any atom is -0.356 e. The van der Waals surface area contributed by atoms with Crippen molar-refractivity contribution in [3.05, 3.63) is 0 Å². The highest BCUT2D eigenvalue weighted by molar-refractivity contribution is 7.85. The van der Waals surface area contributed by atoms with Crippen LogP contribution in [0.5, 0.6) is 0 Å². The molecule has 0 aromatic heterocycles. The first-order valence-corrected chi connectivity index (χ1v) is 11.6. The van der Waals surface area contributed by atoms with E-state index in [-0.39, 0.29) is 0 Å². The zero-order valence-electron chi connectivity index (χ0n) is 16.9. The number of guanidine groups is 1. The summed E-state index contributed by atoms with van der Waals surface area (Å²) in [6.45, 7) is 11.0. The Morgan fingerprint density at radius 1 is 1.16 bits per heavy atom. The molecule has 148 valence electrons. The van der Waals surface area contributed by atoms with Crippen LogP contribution in [0.15, 0.2) is 4.99 Å². The summed E-state index contributed by atoms with van der Waals surface area (Å²) < 4.78 is 12.1. The molecular formula is C19H40N4OS. The van der Waals surface area contributed by atoms with E-state index < -0.39 is 10.8 Å². The Hall–Kier alpha value is -0.620. The maximum Gasteiger partial charge on any atom is 0.191 e. The van der Waals surface area contributed by atoms with Crippen molar-refractivity contribution in [2.24, 2.45) is 4.99 Å². The monoisotopic (exact) mass is 372 g/mol. The lowest BCUT2D eigenvalue weighted by Gasteiger charge is -2.30. The zero-order chi connectivity index (χ0) is 18.5. The molecule has 3 atom stereocenters. The van der Waals surface area contributed by atoms with E-state index in [9.17, 15) is 4.21 Å². The largest absolute Gasteiger partial charge is 0.356 e. The Labute approximate surface area is 157 Å². The van der Waals surface area contributed by atoms with E-state index in [1.165, 1.54) is 25.9 Å². The van der Waals surface area contributed by atoms with Crippen molar-refractivity contribution in [2.75, 3.05) is 39.0 Å². The summed E-state index contributed by atoms with van der Waals surface area (Å²) in [4.78, 5) is 6.91. The van der Waals surface area contributed by atoms with Gasteiger partial charge in [-0.2, -0.15) is 0 Å². The van der Waals surface area contributed by atoms with Crippen molar-refractivity contribution in [2.45, 2.75) is 77.0 Å². The van der Waals surface area contributed by atoms with Crippen LogP contribution >= 0.6 is 0 Å². The quantitative estimate of drug-likeness (QED) is 0.333. The van der Waals surface area contributed by atoms with Crippen LogP contribution in [0.2, 0.25) is 0 Å². The lowest BCUT2D eigenvalue weighted by atomic mass is 9.95. The molecule has 1 rings (SSSR count). The van der Waals surface area contributed by atoms with Crippen LogP contribution in [0.3, 0.4) is 0 Å². The molecule has 2 N–H and O–H groups in total. The van der Waals surface area contributed by atoms with Crippen molar-refractivity contribution < 1.29 is 4.21 Å². The molecule has 0 heterocycles. The third-order valence-corrected chi connectivity index (χ3v) is 6.61. The second kappa shape index (κ2) is 13.6. The molecule has 6 heteroatoms. The Bertz CT molecular complexity index is 397. The van der Waals surface area contributed by atoms with Crippen LogP contribution in [0.25, 0.3) is 0 Å². The molecule has 0 bridgehead atoms. The smallest absolute Gasteiger partial charge is 0.191 e. The van der Waals surface area contributed by atoms with Crippen molar-refractivity contribution in [3.8, 4) is 0 Å². The molecule has 0 amide bonds. The summed E-state index contributed by atoms with van der Waals surface area (Å²) >= 11 is 0. The molecule has 0 aromatic carbocycles. The summed E-state index contributed by atoms with van der Waals surface area (Å²) in [5.41, 5.74) is 0. The first-order valence-electron chi connectivity index (χ1n) is 10.2. The molecule has 25 heavy (non-hydrogen) atoms. The summed E-state index contributed by atoms with van der Waals surface area (Å²) in [6.07, 6.45) is 8.00. The average Bonchev–Trinajstić information content (AvgIpc) is 2.64. The van der Waals surface area contributed by atoms with Gasteiger partial charge in [0.1, 0.15) is 0 Å². The van der Waals surface area contributed by atoms with Gasteiger partial charge in [-0.3, -0.25) is 9.20 Å². The van der Waals surface area contributed by atoms with E-state index in [1.54, 1.807) is 0 Å². The van der Waals surface area contributed by atoms with Crippen molar-refractivity contribution >= 4 is 16.8 Å². The molecule has 3 unspecified atom stereocenters. The number of nitrogens with one attached hydrogen (secondary N) is 2. The van der Waals surface area contributed by atoms with Crippen LogP contribution in [0, 0.1) is 0 Å². The van der Waals surface area contributed by atoms with Gasteiger partial charge in [0.2, 0.25) is 0 Å². The normalized spacial score (nSPS) is 22.8. The van der Waals surface area contributed by atoms with E-state index in [4.69, 9.17) is 0 Å². The third kappa shape index (κ3) is 9.04. The van der Waals surface area contributed by atoms with Crippen molar-refractivity contribution in [1.29, 1.82) is 0 Å². The van der Waals surface area contributed by atoms with Gasteiger partial charge in [0, 0.05) is 41.4 Å². The number of hydrogen-bond acceptors (Lipinski definition) is 3. The fourth-order valence-electron chi connectivity index (χ4n) is 3.62. The number of aliphatic imine (C=N–C) groups is 1. The second-order valence-corrected chi connectivity index (χ2v) is 9.00. The van der Waals surface area contributed by atoms with Gasteiger partial charge in [0.25, 0.3) is 0 Å². The maximum absolute atomic E-state index is 12.1. The molecule has 0 radical (unpaired) electrons. The lowest BCUT2D eigenvalue weighted by molar-refractivity contribution is 0.271. The van der Waals surface area contributed by atoms with Crippen LogP contribution in [-0.2, 0) is 10.8 Å². The fourth-order valence-corrected chi connectivity index (χ4v) is 4.96. The Kier molecular flexibility index (Phi) is 12.2. The summed E-state index contributed by atoms with van der Waals surface area (Å²) in [5, 5.41) is 7.35. The van der Waals surface area contributed by atoms with Gasteiger partial charge in [-0.15, -0.1) is 0 Å². The first-order chi connectivity index (χ1) is 12.1. The van der Waals surface area contributed by atoms with Gasteiger partial charge in [-0.25, -0.2) is 0 Å². The van der Waals surface area contributed by atoms with Crippen molar-refractivity contribution in [3.63, 3.8) is 0 Å². The molecule has 0 saturated heterocycles. The van der Waals surface area contributed by atoms with E-state index in [1.807, 2.05) is 14.0 Å². The van der Waals surface area contributed by atoms with E-state index >= 15 is 0 Å². The van der Waals surface area contributed by atoms with Gasteiger partial charge in [0.05, 0.1) is 0 Å². The van der Waals surface area contributed by atoms with E-state index in [0.717, 1.165) is 56.9 Å². The van der Waals surface area contributed by atoms with Crippen molar-refractivity contribution in [1.82, 2.24) is 15.5 Å². The predicted octanol–water partition coefficient (Wildman–Crippen LogP) is 2.74. The molecule has 1 aliphatic carbocycles. The van der Waals surface area contributed by atoms with Crippen LogP contribution < -0.4 is 10.6 Å². The highest BCUT2D eigenvalue weighted by Crippen LogP contribution is 2.22.